The van der Waals surface area contributed by atoms with E-state index in [1.807, 2.05) is 26.1 Å². The lowest BCUT2D eigenvalue weighted by molar-refractivity contribution is -0.231. The fraction of sp³-hybridized carbons (Fsp3) is 0.450. The molecular formula is C20H24ClNO5S. The van der Waals surface area contributed by atoms with Crippen LogP contribution in [0.3, 0.4) is 0 Å². The van der Waals surface area contributed by atoms with Gasteiger partial charge in [-0.25, -0.2) is 4.98 Å². The van der Waals surface area contributed by atoms with E-state index in [9.17, 15) is 20.4 Å². The van der Waals surface area contributed by atoms with Crippen LogP contribution in [-0.2, 0) is 11.2 Å². The van der Waals surface area contributed by atoms with Gasteiger partial charge in [0.2, 0.25) is 0 Å². The third-order valence-corrected chi connectivity index (χ3v) is 6.51. The second-order valence-electron chi connectivity index (χ2n) is 6.87. The molecule has 0 radical (unpaired) electrons. The van der Waals surface area contributed by atoms with Gasteiger partial charge in [-0.1, -0.05) is 29.8 Å². The van der Waals surface area contributed by atoms with Crippen molar-refractivity contribution in [1.29, 1.82) is 0 Å². The molecule has 3 rings (SSSR count). The number of aliphatic hydroxyl groups is 4. The molecule has 1 aliphatic rings. The Labute approximate surface area is 172 Å². The maximum atomic E-state index is 10.3. The van der Waals surface area contributed by atoms with Crippen molar-refractivity contribution in [2.45, 2.75) is 50.8 Å². The lowest BCUT2D eigenvalue weighted by atomic mass is 9.90. The van der Waals surface area contributed by atoms with Gasteiger partial charge in [-0.05, 0) is 36.6 Å². The van der Waals surface area contributed by atoms with Crippen molar-refractivity contribution in [1.82, 2.24) is 4.98 Å². The number of hydrogen-bond acceptors (Lipinski definition) is 7. The first-order chi connectivity index (χ1) is 13.3. The molecule has 0 bridgehead atoms. The highest BCUT2D eigenvalue weighted by Crippen LogP contribution is 2.35. The minimum atomic E-state index is -1.42. The minimum Gasteiger partial charge on any atom is -0.394 e. The van der Waals surface area contributed by atoms with Crippen LogP contribution >= 0.6 is 22.9 Å². The summed E-state index contributed by atoms with van der Waals surface area (Å²) >= 11 is 7.95. The molecule has 5 unspecified atom stereocenters. The SMILES string of the molecule is C/C=C(/C)c1cnc(Cc2cc(C3OC(CO)C(O)C(O)C3O)ccc2Cl)s1. The summed E-state index contributed by atoms with van der Waals surface area (Å²) < 4.78 is 5.64. The molecule has 1 fully saturated rings. The van der Waals surface area contributed by atoms with Crippen molar-refractivity contribution in [3.8, 4) is 0 Å². The van der Waals surface area contributed by atoms with Crippen molar-refractivity contribution in [3.05, 3.63) is 56.5 Å². The Kier molecular flexibility index (Phi) is 6.88. The number of rotatable bonds is 5. The zero-order valence-electron chi connectivity index (χ0n) is 15.6. The molecule has 0 saturated carbocycles. The van der Waals surface area contributed by atoms with Gasteiger partial charge in [-0.2, -0.15) is 0 Å². The summed E-state index contributed by atoms with van der Waals surface area (Å²) in [5.41, 5.74) is 2.58. The standard InChI is InChI=1S/C20H24ClNO5S/c1-3-10(2)15-8-22-16(28-15)7-12-6-11(4-5-13(12)21)20-19(26)18(25)17(24)14(9-23)27-20/h3-6,8,14,17-20,23-26H,7,9H2,1-2H3/b10-3-. The van der Waals surface area contributed by atoms with Crippen molar-refractivity contribution in [2.75, 3.05) is 6.61 Å². The number of aliphatic hydroxyl groups excluding tert-OH is 4. The second-order valence-corrected chi connectivity index (χ2v) is 8.39. The van der Waals surface area contributed by atoms with Crippen LogP contribution in [0, 0.1) is 0 Å². The van der Waals surface area contributed by atoms with E-state index in [0.29, 0.717) is 17.0 Å². The molecule has 2 heterocycles. The monoisotopic (exact) mass is 425 g/mol. The van der Waals surface area contributed by atoms with Gasteiger partial charge in [-0.15, -0.1) is 11.3 Å². The molecule has 6 nitrogen and oxygen atoms in total. The van der Waals surface area contributed by atoms with Crippen LogP contribution in [0.5, 0.6) is 0 Å². The summed E-state index contributed by atoms with van der Waals surface area (Å²) in [6.45, 7) is 3.55. The van der Waals surface area contributed by atoms with E-state index in [0.717, 1.165) is 21.0 Å². The summed E-state index contributed by atoms with van der Waals surface area (Å²) in [5.74, 6) is 0. The third-order valence-electron chi connectivity index (χ3n) is 5.01. The summed E-state index contributed by atoms with van der Waals surface area (Å²) in [6, 6.07) is 5.22. The first-order valence-corrected chi connectivity index (χ1v) is 10.2. The largest absolute Gasteiger partial charge is 0.394 e. The second kappa shape index (κ2) is 9.00. The molecule has 8 heteroatoms. The van der Waals surface area contributed by atoms with Crippen LogP contribution < -0.4 is 0 Å². The van der Waals surface area contributed by atoms with Gasteiger partial charge in [0.05, 0.1) is 11.6 Å². The number of nitrogens with zero attached hydrogens (tertiary/aromatic N) is 1. The zero-order valence-corrected chi connectivity index (χ0v) is 17.2. The number of allylic oxidation sites excluding steroid dienone is 2. The van der Waals surface area contributed by atoms with Crippen LogP contribution in [0.15, 0.2) is 30.5 Å². The van der Waals surface area contributed by atoms with Crippen molar-refractivity contribution in [3.63, 3.8) is 0 Å². The Hall–Kier alpha value is -1.32. The first kappa shape index (κ1) is 21.4. The Bertz CT molecular complexity index is 853. The predicted octanol–water partition coefficient (Wildman–Crippen LogP) is 2.33. The molecule has 0 aliphatic carbocycles. The van der Waals surface area contributed by atoms with E-state index >= 15 is 0 Å². The Balaban J connectivity index is 1.86. The van der Waals surface area contributed by atoms with E-state index in [1.54, 1.807) is 29.5 Å². The first-order valence-electron chi connectivity index (χ1n) is 9.02. The van der Waals surface area contributed by atoms with Crippen molar-refractivity contribution >= 4 is 28.5 Å². The number of ether oxygens (including phenoxy) is 1. The number of aromatic nitrogens is 1. The summed E-state index contributed by atoms with van der Waals surface area (Å²) in [6.07, 6.45) is -1.57. The molecule has 5 atom stereocenters. The summed E-state index contributed by atoms with van der Waals surface area (Å²) in [7, 11) is 0. The summed E-state index contributed by atoms with van der Waals surface area (Å²) in [4.78, 5) is 5.55. The summed E-state index contributed by atoms with van der Waals surface area (Å²) in [5, 5.41) is 41.2. The van der Waals surface area contributed by atoms with Gasteiger partial charge in [-0.3, -0.25) is 0 Å². The highest BCUT2D eigenvalue weighted by Gasteiger charge is 2.44. The topological polar surface area (TPSA) is 103 Å². The fourth-order valence-electron chi connectivity index (χ4n) is 3.16. The number of thiazole rings is 1. The van der Waals surface area contributed by atoms with Crippen LogP contribution in [0.2, 0.25) is 5.02 Å². The zero-order chi connectivity index (χ0) is 20.4. The van der Waals surface area contributed by atoms with Gasteiger partial charge in [0.1, 0.15) is 30.5 Å². The van der Waals surface area contributed by atoms with Gasteiger partial charge >= 0.3 is 0 Å². The quantitative estimate of drug-likeness (QED) is 0.586. The van der Waals surface area contributed by atoms with Gasteiger partial charge in [0.15, 0.2) is 0 Å². The molecule has 0 amide bonds. The Morgan fingerprint density at radius 3 is 2.68 bits per heavy atom. The van der Waals surface area contributed by atoms with Crippen molar-refractivity contribution < 1.29 is 25.2 Å². The Morgan fingerprint density at radius 1 is 1.25 bits per heavy atom. The fourth-order valence-corrected chi connectivity index (χ4v) is 4.32. The number of halogens is 1. The molecule has 1 aromatic carbocycles. The molecule has 0 spiro atoms. The Morgan fingerprint density at radius 2 is 2.00 bits per heavy atom. The maximum Gasteiger partial charge on any atom is 0.113 e. The average molecular weight is 426 g/mol. The molecule has 4 N–H and O–H groups in total. The highest BCUT2D eigenvalue weighted by molar-refractivity contribution is 7.12. The predicted molar refractivity (Wildman–Crippen MR) is 108 cm³/mol. The molecule has 1 aliphatic heterocycles. The van der Waals surface area contributed by atoms with E-state index in [-0.39, 0.29) is 0 Å². The average Bonchev–Trinajstić information content (AvgIpc) is 3.16. The lowest BCUT2D eigenvalue weighted by Crippen LogP contribution is -2.55. The molecule has 2 aromatic rings. The van der Waals surface area contributed by atoms with Gasteiger partial charge in [0, 0.05) is 22.5 Å². The minimum absolute atomic E-state index is 0.464. The lowest BCUT2D eigenvalue weighted by Gasteiger charge is -2.40. The van der Waals surface area contributed by atoms with Crippen LogP contribution in [0.25, 0.3) is 5.57 Å². The number of hydrogen-bond donors (Lipinski definition) is 4. The van der Waals surface area contributed by atoms with E-state index in [2.05, 4.69) is 4.98 Å². The van der Waals surface area contributed by atoms with Gasteiger partial charge in [0.25, 0.3) is 0 Å². The molecule has 152 valence electrons. The van der Waals surface area contributed by atoms with Crippen LogP contribution in [0.4, 0.5) is 0 Å². The number of benzene rings is 1. The van der Waals surface area contributed by atoms with E-state index in [1.165, 1.54) is 0 Å². The molecular weight excluding hydrogens is 402 g/mol. The highest BCUT2D eigenvalue weighted by atomic mass is 35.5. The third kappa shape index (κ3) is 4.31. The maximum absolute atomic E-state index is 10.3. The molecule has 1 saturated heterocycles. The molecule has 1 aromatic heterocycles. The van der Waals surface area contributed by atoms with Crippen LogP contribution in [-0.4, -0.2) is 56.4 Å². The van der Waals surface area contributed by atoms with Crippen LogP contribution in [0.1, 0.15) is 41.0 Å². The normalized spacial score (nSPS) is 28.5. The van der Waals surface area contributed by atoms with E-state index < -0.39 is 37.1 Å². The smallest absolute Gasteiger partial charge is 0.113 e. The van der Waals surface area contributed by atoms with Crippen molar-refractivity contribution in [2.24, 2.45) is 0 Å². The van der Waals surface area contributed by atoms with Gasteiger partial charge < -0.3 is 25.2 Å². The molecule has 28 heavy (non-hydrogen) atoms. The van der Waals surface area contributed by atoms with E-state index in [4.69, 9.17) is 16.3 Å².